The van der Waals surface area contributed by atoms with E-state index in [0.29, 0.717) is 18.4 Å². The first-order chi connectivity index (χ1) is 11.9. The average Bonchev–Trinajstić information content (AvgIpc) is 2.52. The van der Waals surface area contributed by atoms with Crippen molar-refractivity contribution in [1.29, 1.82) is 0 Å². The standard InChI is InChI=1S/C16H24F2N4O2S/c1-19-16(21-11-13-9-14(17)5-6-15(13)18)20-7-8-25(23,24)22-10-12-3-2-4-12/h5-6,9,12,22H,2-4,7-8,10-11H2,1H3,(H2,19,20,21). The van der Waals surface area contributed by atoms with Gasteiger partial charge in [0.15, 0.2) is 5.96 Å². The van der Waals surface area contributed by atoms with E-state index in [0.717, 1.165) is 31.0 Å². The van der Waals surface area contributed by atoms with Crippen LogP contribution in [0, 0.1) is 17.6 Å². The number of aliphatic imine (C=N–C) groups is 1. The summed E-state index contributed by atoms with van der Waals surface area (Å²) in [6.45, 7) is 0.690. The van der Waals surface area contributed by atoms with Crippen molar-refractivity contribution in [3.05, 3.63) is 35.4 Å². The third-order valence-electron chi connectivity index (χ3n) is 4.16. The van der Waals surface area contributed by atoms with Crippen molar-refractivity contribution >= 4 is 16.0 Å². The van der Waals surface area contributed by atoms with E-state index in [9.17, 15) is 17.2 Å². The number of hydrogen-bond acceptors (Lipinski definition) is 3. The Hall–Kier alpha value is -1.74. The molecule has 9 heteroatoms. The highest BCUT2D eigenvalue weighted by Gasteiger charge is 2.20. The molecule has 0 amide bonds. The molecule has 0 unspecified atom stereocenters. The summed E-state index contributed by atoms with van der Waals surface area (Å²) >= 11 is 0. The van der Waals surface area contributed by atoms with Gasteiger partial charge in [-0.15, -0.1) is 0 Å². The number of guanidine groups is 1. The molecule has 1 aliphatic rings. The van der Waals surface area contributed by atoms with Crippen molar-refractivity contribution in [1.82, 2.24) is 15.4 Å². The van der Waals surface area contributed by atoms with Crippen LogP contribution in [-0.2, 0) is 16.6 Å². The summed E-state index contributed by atoms with van der Waals surface area (Å²) in [4.78, 5) is 3.93. The smallest absolute Gasteiger partial charge is 0.213 e. The summed E-state index contributed by atoms with van der Waals surface area (Å²) in [5.41, 5.74) is 0.165. The van der Waals surface area contributed by atoms with Gasteiger partial charge in [0, 0.05) is 32.2 Å². The SMILES string of the molecule is CN=C(NCCS(=O)(=O)NCC1CCC1)NCc1cc(F)ccc1F. The molecular formula is C16H24F2N4O2S. The van der Waals surface area contributed by atoms with Crippen molar-refractivity contribution in [2.75, 3.05) is 25.9 Å². The van der Waals surface area contributed by atoms with Gasteiger partial charge in [0.2, 0.25) is 10.0 Å². The summed E-state index contributed by atoms with van der Waals surface area (Å²) < 4.78 is 53.1. The predicted octanol–water partition coefficient (Wildman–Crippen LogP) is 1.35. The molecule has 25 heavy (non-hydrogen) atoms. The zero-order valence-electron chi connectivity index (χ0n) is 14.2. The van der Waals surface area contributed by atoms with Crippen molar-refractivity contribution in [3.63, 3.8) is 0 Å². The minimum Gasteiger partial charge on any atom is -0.355 e. The highest BCUT2D eigenvalue weighted by Crippen LogP contribution is 2.25. The molecule has 1 aromatic carbocycles. The van der Waals surface area contributed by atoms with Crippen LogP contribution in [0.3, 0.4) is 0 Å². The van der Waals surface area contributed by atoms with Gasteiger partial charge in [-0.05, 0) is 37.0 Å². The lowest BCUT2D eigenvalue weighted by atomic mass is 9.86. The lowest BCUT2D eigenvalue weighted by molar-refractivity contribution is 0.316. The number of rotatable bonds is 8. The number of halogens is 2. The molecule has 0 aliphatic heterocycles. The van der Waals surface area contributed by atoms with Gasteiger partial charge in [0.25, 0.3) is 0 Å². The van der Waals surface area contributed by atoms with Crippen LogP contribution in [0.1, 0.15) is 24.8 Å². The fourth-order valence-electron chi connectivity index (χ4n) is 2.40. The molecule has 0 aromatic heterocycles. The Morgan fingerprint density at radius 1 is 1.28 bits per heavy atom. The van der Waals surface area contributed by atoms with Crippen LogP contribution < -0.4 is 15.4 Å². The van der Waals surface area contributed by atoms with Gasteiger partial charge in [-0.25, -0.2) is 21.9 Å². The van der Waals surface area contributed by atoms with E-state index < -0.39 is 21.7 Å². The molecular weight excluding hydrogens is 350 g/mol. The predicted molar refractivity (Wildman–Crippen MR) is 93.7 cm³/mol. The molecule has 1 aromatic rings. The molecule has 0 spiro atoms. The Bertz CT molecular complexity index is 706. The second kappa shape index (κ2) is 9.10. The third kappa shape index (κ3) is 6.58. The molecule has 1 fully saturated rings. The molecule has 3 N–H and O–H groups in total. The molecule has 6 nitrogen and oxygen atoms in total. The van der Waals surface area contributed by atoms with E-state index in [4.69, 9.17) is 0 Å². The maximum Gasteiger partial charge on any atom is 0.213 e. The summed E-state index contributed by atoms with van der Waals surface area (Å²) in [5.74, 6) is -0.359. The molecule has 1 saturated carbocycles. The molecule has 0 saturated heterocycles. The van der Waals surface area contributed by atoms with E-state index in [1.54, 1.807) is 0 Å². The molecule has 0 radical (unpaired) electrons. The van der Waals surface area contributed by atoms with E-state index in [2.05, 4.69) is 20.3 Å². The Balaban J connectivity index is 1.73. The molecule has 2 rings (SSSR count). The largest absolute Gasteiger partial charge is 0.355 e. The minimum absolute atomic E-state index is 0.0376. The van der Waals surface area contributed by atoms with Crippen LogP contribution in [0.25, 0.3) is 0 Å². The first-order valence-corrected chi connectivity index (χ1v) is 9.90. The zero-order valence-corrected chi connectivity index (χ0v) is 15.0. The van der Waals surface area contributed by atoms with E-state index in [1.165, 1.54) is 13.5 Å². The van der Waals surface area contributed by atoms with Crippen LogP contribution >= 0.6 is 0 Å². The number of nitrogens with zero attached hydrogens (tertiary/aromatic N) is 1. The monoisotopic (exact) mass is 374 g/mol. The van der Waals surface area contributed by atoms with Crippen LogP contribution in [0.5, 0.6) is 0 Å². The van der Waals surface area contributed by atoms with Crippen LogP contribution in [0.4, 0.5) is 8.78 Å². The molecule has 1 aliphatic carbocycles. The van der Waals surface area contributed by atoms with Gasteiger partial charge in [0.1, 0.15) is 11.6 Å². The van der Waals surface area contributed by atoms with Crippen LogP contribution in [0.15, 0.2) is 23.2 Å². The summed E-state index contributed by atoms with van der Waals surface area (Å²) in [6, 6.07) is 3.21. The van der Waals surface area contributed by atoms with Crippen molar-refractivity contribution < 1.29 is 17.2 Å². The first kappa shape index (κ1) is 19.6. The van der Waals surface area contributed by atoms with Gasteiger partial charge in [-0.2, -0.15) is 0 Å². The topological polar surface area (TPSA) is 82.6 Å². The highest BCUT2D eigenvalue weighted by atomic mass is 32.2. The number of sulfonamides is 1. The summed E-state index contributed by atoms with van der Waals surface area (Å²) in [5, 5.41) is 5.67. The van der Waals surface area contributed by atoms with Crippen LogP contribution in [-0.4, -0.2) is 40.3 Å². The maximum absolute atomic E-state index is 13.6. The Morgan fingerprint density at radius 3 is 2.68 bits per heavy atom. The van der Waals surface area contributed by atoms with Crippen molar-refractivity contribution in [2.24, 2.45) is 10.9 Å². The Kier molecular flexibility index (Phi) is 7.12. The van der Waals surface area contributed by atoms with Gasteiger partial charge >= 0.3 is 0 Å². The molecule has 0 bridgehead atoms. The molecule has 0 heterocycles. The lowest BCUT2D eigenvalue weighted by Crippen LogP contribution is -2.41. The van der Waals surface area contributed by atoms with E-state index in [1.807, 2.05) is 0 Å². The number of nitrogens with one attached hydrogen (secondary N) is 3. The van der Waals surface area contributed by atoms with E-state index >= 15 is 0 Å². The van der Waals surface area contributed by atoms with Gasteiger partial charge < -0.3 is 10.6 Å². The molecule has 140 valence electrons. The Labute approximate surface area is 147 Å². The summed E-state index contributed by atoms with van der Waals surface area (Å²) in [7, 11) is -1.83. The average molecular weight is 374 g/mol. The van der Waals surface area contributed by atoms with Crippen molar-refractivity contribution in [3.8, 4) is 0 Å². The van der Waals surface area contributed by atoms with Gasteiger partial charge in [-0.1, -0.05) is 6.42 Å². The normalized spacial score (nSPS) is 15.7. The maximum atomic E-state index is 13.6. The lowest BCUT2D eigenvalue weighted by Gasteiger charge is -2.25. The summed E-state index contributed by atoms with van der Waals surface area (Å²) in [6.07, 6.45) is 3.32. The minimum atomic E-state index is -3.34. The first-order valence-electron chi connectivity index (χ1n) is 8.25. The fourth-order valence-corrected chi connectivity index (χ4v) is 3.40. The number of benzene rings is 1. The van der Waals surface area contributed by atoms with Gasteiger partial charge in [-0.3, -0.25) is 4.99 Å². The molecule has 0 atom stereocenters. The Morgan fingerprint density at radius 2 is 2.04 bits per heavy atom. The second-order valence-electron chi connectivity index (χ2n) is 6.05. The second-order valence-corrected chi connectivity index (χ2v) is 7.98. The fraction of sp³-hybridized carbons (Fsp3) is 0.562. The zero-order chi connectivity index (χ0) is 18.3. The van der Waals surface area contributed by atoms with Crippen LogP contribution in [0.2, 0.25) is 0 Å². The number of hydrogen-bond donors (Lipinski definition) is 3. The van der Waals surface area contributed by atoms with E-state index in [-0.39, 0.29) is 24.4 Å². The van der Waals surface area contributed by atoms with Crippen molar-refractivity contribution in [2.45, 2.75) is 25.8 Å². The quantitative estimate of drug-likeness (QED) is 0.474. The third-order valence-corrected chi connectivity index (χ3v) is 5.51. The highest BCUT2D eigenvalue weighted by molar-refractivity contribution is 7.89. The van der Waals surface area contributed by atoms with Gasteiger partial charge in [0.05, 0.1) is 5.75 Å².